The minimum atomic E-state index is -2.33. The third kappa shape index (κ3) is 0.828. The van der Waals surface area contributed by atoms with Crippen molar-refractivity contribution in [3.8, 4) is 0 Å². The Labute approximate surface area is 64.1 Å². The fourth-order valence-corrected chi connectivity index (χ4v) is 1.31. The Balaban J connectivity index is 0.000000405. The van der Waals surface area contributed by atoms with Gasteiger partial charge in [0.05, 0.1) is 0 Å². The van der Waals surface area contributed by atoms with Gasteiger partial charge in [0.2, 0.25) is 0 Å². The summed E-state index contributed by atoms with van der Waals surface area (Å²) < 4.78 is 24.4. The van der Waals surface area contributed by atoms with Gasteiger partial charge in [-0.15, -0.1) is 13.1 Å². The molecule has 0 aromatic heterocycles. The van der Waals surface area contributed by atoms with E-state index in [2.05, 4.69) is 5.32 Å². The Hall–Kier alpha value is 0.404. The van der Waals surface area contributed by atoms with Crippen molar-refractivity contribution in [2.24, 2.45) is 11.8 Å². The molecule has 0 aromatic rings. The van der Waals surface area contributed by atoms with Crippen molar-refractivity contribution in [3.05, 3.63) is 5.32 Å². The van der Waals surface area contributed by atoms with E-state index in [0.717, 1.165) is 0 Å². The molecule has 2 atom stereocenters. The van der Waals surface area contributed by atoms with Crippen LogP contribution in [0, 0.1) is 11.8 Å². The Kier molecular flexibility index (Phi) is 1.62. The van der Waals surface area contributed by atoms with Crippen LogP contribution in [0.15, 0.2) is 0 Å². The van der Waals surface area contributed by atoms with Gasteiger partial charge in [-0.05, 0) is 0 Å². The Morgan fingerprint density at radius 3 is 1.89 bits per heavy atom. The molecule has 2 aliphatic rings. The van der Waals surface area contributed by atoms with E-state index in [9.17, 15) is 8.78 Å². The average Bonchev–Trinajstić information content (AvgIpc) is 2.22. The summed E-state index contributed by atoms with van der Waals surface area (Å²) >= 11 is 0. The third-order valence-electron chi connectivity index (χ3n) is 2.02. The smallest absolute Gasteiger partial charge is 0.251 e. The molecule has 4 heteroatoms. The molecule has 51 valence electrons. The van der Waals surface area contributed by atoms with Crippen LogP contribution in [0.25, 0.3) is 5.32 Å². The van der Waals surface area contributed by atoms with Gasteiger partial charge in [-0.1, -0.05) is 0 Å². The van der Waals surface area contributed by atoms with Crippen LogP contribution in [0.2, 0.25) is 0 Å². The molecule has 0 aromatic carbocycles. The van der Waals surface area contributed by atoms with Crippen molar-refractivity contribution >= 4 is 0 Å². The minimum Gasteiger partial charge on any atom is -0.661 e. The number of alkyl halides is 2. The second-order valence-electron chi connectivity index (χ2n) is 2.48. The van der Waals surface area contributed by atoms with Crippen molar-refractivity contribution < 1.29 is 27.3 Å². The topological polar surface area (TPSA) is 14.1 Å². The fourth-order valence-electron chi connectivity index (χ4n) is 1.31. The molecule has 0 bridgehead atoms. The summed E-state index contributed by atoms with van der Waals surface area (Å²) in [6.07, 6.45) is 0. The van der Waals surface area contributed by atoms with Crippen LogP contribution in [0.4, 0.5) is 8.78 Å². The SMILES string of the molecule is FC1(F)C2C[N-]CC21.[V]. The predicted octanol–water partition coefficient (Wildman–Crippen LogP) is 1.25. The van der Waals surface area contributed by atoms with Crippen LogP contribution in [-0.2, 0) is 18.6 Å². The number of nitrogens with zero attached hydrogens (tertiary/aromatic N) is 1. The molecule has 1 saturated carbocycles. The summed E-state index contributed by atoms with van der Waals surface area (Å²) in [6.45, 7) is 0.801. The Bertz CT molecular complexity index is 116. The summed E-state index contributed by atoms with van der Waals surface area (Å²) in [5, 5.41) is 3.83. The van der Waals surface area contributed by atoms with E-state index >= 15 is 0 Å². The third-order valence-corrected chi connectivity index (χ3v) is 2.02. The van der Waals surface area contributed by atoms with Crippen LogP contribution in [0.1, 0.15) is 0 Å². The maximum atomic E-state index is 12.2. The van der Waals surface area contributed by atoms with Crippen LogP contribution >= 0.6 is 0 Å². The van der Waals surface area contributed by atoms with Crippen LogP contribution in [0.3, 0.4) is 0 Å². The molecule has 1 saturated heterocycles. The van der Waals surface area contributed by atoms with E-state index in [-0.39, 0.29) is 30.4 Å². The van der Waals surface area contributed by atoms with Gasteiger partial charge in [0.1, 0.15) is 0 Å². The molecule has 2 rings (SSSR count). The van der Waals surface area contributed by atoms with Crippen molar-refractivity contribution in [1.82, 2.24) is 0 Å². The first-order chi connectivity index (χ1) is 3.73. The largest absolute Gasteiger partial charge is 0.661 e. The number of hydrogen-bond acceptors (Lipinski definition) is 0. The summed E-state index contributed by atoms with van der Waals surface area (Å²) in [7, 11) is 0. The monoisotopic (exact) mass is 169 g/mol. The molecule has 1 aliphatic heterocycles. The predicted molar refractivity (Wildman–Crippen MR) is 25.0 cm³/mol. The Morgan fingerprint density at radius 1 is 1.22 bits per heavy atom. The van der Waals surface area contributed by atoms with Crippen molar-refractivity contribution in [2.45, 2.75) is 5.92 Å². The molecular weight excluding hydrogens is 163 g/mol. The summed E-state index contributed by atoms with van der Waals surface area (Å²) in [6, 6.07) is 0. The molecule has 1 radical (unpaired) electrons. The molecule has 0 N–H and O–H groups in total. The van der Waals surface area contributed by atoms with Gasteiger partial charge < -0.3 is 5.32 Å². The van der Waals surface area contributed by atoms with Gasteiger partial charge in [-0.25, -0.2) is 8.78 Å². The molecule has 1 heterocycles. The molecule has 2 unspecified atom stereocenters. The van der Waals surface area contributed by atoms with Gasteiger partial charge in [0.25, 0.3) is 5.92 Å². The molecule has 1 nitrogen and oxygen atoms in total. The van der Waals surface area contributed by atoms with Crippen molar-refractivity contribution in [2.75, 3.05) is 13.1 Å². The first-order valence-corrected chi connectivity index (χ1v) is 2.74. The van der Waals surface area contributed by atoms with Gasteiger partial charge in [0, 0.05) is 30.4 Å². The molecule has 1 aliphatic carbocycles. The quantitative estimate of drug-likeness (QED) is 0.518. The summed E-state index contributed by atoms with van der Waals surface area (Å²) in [5.41, 5.74) is 0. The first-order valence-electron chi connectivity index (χ1n) is 2.74. The second-order valence-corrected chi connectivity index (χ2v) is 2.48. The van der Waals surface area contributed by atoms with E-state index in [0.29, 0.717) is 13.1 Å². The number of halogens is 2. The molecule has 0 amide bonds. The summed E-state index contributed by atoms with van der Waals surface area (Å²) in [5.74, 6) is -3.08. The molecular formula is C5H6F2NV-. The van der Waals surface area contributed by atoms with E-state index in [1.165, 1.54) is 0 Å². The van der Waals surface area contributed by atoms with E-state index in [1.807, 2.05) is 0 Å². The number of hydrogen-bond donors (Lipinski definition) is 0. The van der Waals surface area contributed by atoms with E-state index in [4.69, 9.17) is 0 Å². The van der Waals surface area contributed by atoms with Crippen molar-refractivity contribution in [3.63, 3.8) is 0 Å². The van der Waals surface area contributed by atoms with Gasteiger partial charge in [-0.2, -0.15) is 0 Å². The minimum absolute atomic E-state index is 0. The maximum absolute atomic E-state index is 12.2. The van der Waals surface area contributed by atoms with Gasteiger partial charge in [0.15, 0.2) is 0 Å². The van der Waals surface area contributed by atoms with Crippen molar-refractivity contribution in [1.29, 1.82) is 0 Å². The first kappa shape index (κ1) is 7.51. The number of rotatable bonds is 0. The zero-order valence-electron chi connectivity index (χ0n) is 4.72. The zero-order chi connectivity index (χ0) is 5.78. The second kappa shape index (κ2) is 1.94. The van der Waals surface area contributed by atoms with Gasteiger partial charge >= 0.3 is 0 Å². The number of fused-ring (bicyclic) bond motifs is 1. The summed E-state index contributed by atoms with van der Waals surface area (Å²) in [4.78, 5) is 0. The normalized spacial score (nSPS) is 43.3. The van der Waals surface area contributed by atoms with Crippen LogP contribution < -0.4 is 0 Å². The van der Waals surface area contributed by atoms with Crippen LogP contribution in [0.5, 0.6) is 0 Å². The standard InChI is InChI=1S/C5H6F2N.V/c6-5(7)3-1-8-2-4(3)5;/h3-4H,1-2H2;/q-1;. The van der Waals surface area contributed by atoms with Gasteiger partial charge in [-0.3, -0.25) is 0 Å². The molecule has 2 fully saturated rings. The zero-order valence-corrected chi connectivity index (χ0v) is 6.12. The maximum Gasteiger partial charge on any atom is 0.251 e. The van der Waals surface area contributed by atoms with E-state index < -0.39 is 5.92 Å². The average molecular weight is 169 g/mol. The fraction of sp³-hybridized carbons (Fsp3) is 1.00. The van der Waals surface area contributed by atoms with Crippen LogP contribution in [-0.4, -0.2) is 19.0 Å². The Morgan fingerprint density at radius 2 is 1.67 bits per heavy atom. The van der Waals surface area contributed by atoms with E-state index in [1.54, 1.807) is 0 Å². The number of piperidine rings is 1. The molecule has 0 spiro atoms. The molecule has 9 heavy (non-hydrogen) atoms.